The summed E-state index contributed by atoms with van der Waals surface area (Å²) >= 11 is 0. The van der Waals surface area contributed by atoms with Crippen molar-refractivity contribution in [2.24, 2.45) is 0 Å². The number of aliphatic hydroxyl groups is 2. The Morgan fingerprint density at radius 1 is 1.23 bits per heavy atom. The van der Waals surface area contributed by atoms with Crippen molar-refractivity contribution in [1.29, 1.82) is 0 Å². The van der Waals surface area contributed by atoms with Crippen molar-refractivity contribution in [2.75, 3.05) is 13.7 Å². The Kier molecular flexibility index (Phi) is 5.39. The third kappa shape index (κ3) is 4.10. The van der Waals surface area contributed by atoms with Crippen LogP contribution in [-0.4, -0.2) is 67.0 Å². The third-order valence-electron chi connectivity index (χ3n) is 3.90. The van der Waals surface area contributed by atoms with E-state index in [2.05, 4.69) is 14.8 Å². The van der Waals surface area contributed by atoms with Crippen LogP contribution < -0.4 is 4.74 Å². The summed E-state index contributed by atoms with van der Waals surface area (Å²) in [4.78, 5) is 17.5. The summed E-state index contributed by atoms with van der Waals surface area (Å²) in [6.07, 6.45) is -3.45. The first kappa shape index (κ1) is 18.9. The van der Waals surface area contributed by atoms with E-state index in [-0.39, 0.29) is 0 Å². The predicted octanol–water partition coefficient (Wildman–Crippen LogP) is -0.318. The molecule has 2 heterocycles. The quantitative estimate of drug-likeness (QED) is 0.484. The lowest BCUT2D eigenvalue weighted by molar-refractivity contribution is -0.0586. The van der Waals surface area contributed by atoms with Crippen LogP contribution in [0.15, 0.2) is 30.5 Å². The van der Waals surface area contributed by atoms with Crippen LogP contribution in [0.5, 0.6) is 5.75 Å². The standard InChI is InChI=1S/C14H18N3O8P/c1-23-9-4-2-8(3-5-9)10-6-17(16-15-10)14-13(19)12(18)11(25-14)7-24-26(20,21)22/h2-6,11-14,18-19H,7H2,1H3,(H2,20,21,22)/t11-,12-,13-,14-/m1/s1. The summed E-state index contributed by atoms with van der Waals surface area (Å²) < 4.78 is 26.8. The van der Waals surface area contributed by atoms with Crippen LogP contribution in [0.1, 0.15) is 6.23 Å². The number of phosphoric acid groups is 1. The van der Waals surface area contributed by atoms with Crippen LogP contribution in [0.25, 0.3) is 11.3 Å². The highest BCUT2D eigenvalue weighted by Gasteiger charge is 2.45. The number of aliphatic hydroxyl groups excluding tert-OH is 2. The number of phosphoric ester groups is 1. The van der Waals surface area contributed by atoms with Gasteiger partial charge in [0.05, 0.1) is 19.9 Å². The monoisotopic (exact) mass is 387 g/mol. The minimum absolute atomic E-state index is 0.507. The van der Waals surface area contributed by atoms with E-state index in [0.717, 1.165) is 5.56 Å². The van der Waals surface area contributed by atoms with Gasteiger partial charge in [-0.25, -0.2) is 9.25 Å². The summed E-state index contributed by atoms with van der Waals surface area (Å²) in [5, 5.41) is 28.0. The normalized spacial score (nSPS) is 26.2. The molecule has 26 heavy (non-hydrogen) atoms. The number of nitrogens with zero attached hydrogens (tertiary/aromatic N) is 3. The number of hydrogen-bond acceptors (Lipinski definition) is 8. The number of ether oxygens (including phenoxy) is 2. The second kappa shape index (κ2) is 7.41. The molecule has 1 aromatic heterocycles. The zero-order valence-electron chi connectivity index (χ0n) is 13.6. The Balaban J connectivity index is 1.73. The largest absolute Gasteiger partial charge is 0.497 e. The summed E-state index contributed by atoms with van der Waals surface area (Å²) in [6, 6.07) is 7.08. The zero-order chi connectivity index (χ0) is 18.9. The molecule has 1 fully saturated rings. The van der Waals surface area contributed by atoms with Crippen molar-refractivity contribution in [1.82, 2.24) is 15.0 Å². The second-order valence-electron chi connectivity index (χ2n) is 5.64. The fraction of sp³-hybridized carbons (Fsp3) is 0.429. The number of aromatic nitrogens is 3. The SMILES string of the molecule is COc1ccc(-c2cn([C@@H]3O[C@H](COP(=O)(O)O)[C@@H](O)[C@H]3O)nn2)cc1. The van der Waals surface area contributed by atoms with E-state index >= 15 is 0 Å². The average molecular weight is 387 g/mol. The van der Waals surface area contributed by atoms with Crippen molar-refractivity contribution in [2.45, 2.75) is 24.5 Å². The zero-order valence-corrected chi connectivity index (χ0v) is 14.5. The Bertz CT molecular complexity index is 792. The van der Waals surface area contributed by atoms with Crippen LogP contribution in [0, 0.1) is 0 Å². The molecule has 12 heteroatoms. The topological polar surface area (TPSA) is 156 Å². The molecule has 1 saturated heterocycles. The maximum atomic E-state index is 10.8. The highest BCUT2D eigenvalue weighted by atomic mass is 31.2. The number of benzene rings is 1. The summed E-state index contributed by atoms with van der Waals surface area (Å²) in [6.45, 7) is -0.584. The van der Waals surface area contributed by atoms with Crippen molar-refractivity contribution in [3.8, 4) is 17.0 Å². The van der Waals surface area contributed by atoms with E-state index in [4.69, 9.17) is 19.3 Å². The van der Waals surface area contributed by atoms with Crippen molar-refractivity contribution in [3.63, 3.8) is 0 Å². The third-order valence-corrected chi connectivity index (χ3v) is 4.39. The number of hydrogen-bond donors (Lipinski definition) is 4. The molecule has 4 atom stereocenters. The van der Waals surface area contributed by atoms with Gasteiger partial charge in [0.1, 0.15) is 29.8 Å². The lowest BCUT2D eigenvalue weighted by Gasteiger charge is -2.14. The van der Waals surface area contributed by atoms with Crippen LogP contribution in [0.3, 0.4) is 0 Å². The minimum Gasteiger partial charge on any atom is -0.497 e. The molecule has 0 bridgehead atoms. The molecule has 0 amide bonds. The molecule has 11 nitrogen and oxygen atoms in total. The van der Waals surface area contributed by atoms with E-state index < -0.39 is 39.0 Å². The number of methoxy groups -OCH3 is 1. The van der Waals surface area contributed by atoms with Crippen LogP contribution in [0.4, 0.5) is 0 Å². The first-order chi connectivity index (χ1) is 12.3. The molecule has 0 aliphatic carbocycles. The molecular formula is C14H18N3O8P. The first-order valence-corrected chi connectivity index (χ1v) is 9.09. The molecule has 0 radical (unpaired) electrons. The Morgan fingerprint density at radius 2 is 1.92 bits per heavy atom. The van der Waals surface area contributed by atoms with E-state index in [1.54, 1.807) is 31.4 Å². The summed E-state index contributed by atoms with van der Waals surface area (Å²) in [5.41, 5.74) is 1.26. The summed E-state index contributed by atoms with van der Waals surface area (Å²) in [7, 11) is -3.16. The van der Waals surface area contributed by atoms with Crippen molar-refractivity contribution >= 4 is 7.82 Å². The number of rotatable bonds is 6. The van der Waals surface area contributed by atoms with Gasteiger partial charge in [-0.3, -0.25) is 4.52 Å². The van der Waals surface area contributed by atoms with Crippen LogP contribution in [-0.2, 0) is 13.8 Å². The highest BCUT2D eigenvalue weighted by Crippen LogP contribution is 2.38. The van der Waals surface area contributed by atoms with Gasteiger partial charge in [0.15, 0.2) is 6.23 Å². The maximum Gasteiger partial charge on any atom is 0.469 e. The molecule has 0 saturated carbocycles. The Labute approximate surface area is 148 Å². The fourth-order valence-electron chi connectivity index (χ4n) is 2.55. The van der Waals surface area contributed by atoms with Gasteiger partial charge in [0, 0.05) is 5.56 Å². The predicted molar refractivity (Wildman–Crippen MR) is 85.9 cm³/mol. The first-order valence-electron chi connectivity index (χ1n) is 7.56. The van der Waals surface area contributed by atoms with Gasteiger partial charge in [0.25, 0.3) is 0 Å². The van der Waals surface area contributed by atoms with Gasteiger partial charge < -0.3 is 29.5 Å². The van der Waals surface area contributed by atoms with E-state index in [1.165, 1.54) is 10.9 Å². The lowest BCUT2D eigenvalue weighted by atomic mass is 10.1. The molecule has 2 aromatic rings. The smallest absolute Gasteiger partial charge is 0.469 e. The summed E-state index contributed by atoms with van der Waals surface area (Å²) in [5.74, 6) is 0.687. The van der Waals surface area contributed by atoms with Gasteiger partial charge in [-0.05, 0) is 24.3 Å². The van der Waals surface area contributed by atoms with Gasteiger partial charge in [-0.2, -0.15) is 0 Å². The van der Waals surface area contributed by atoms with Gasteiger partial charge >= 0.3 is 7.82 Å². The van der Waals surface area contributed by atoms with Crippen molar-refractivity contribution in [3.05, 3.63) is 30.5 Å². The Morgan fingerprint density at radius 3 is 2.54 bits per heavy atom. The van der Waals surface area contributed by atoms with E-state index in [9.17, 15) is 14.8 Å². The molecule has 142 valence electrons. The van der Waals surface area contributed by atoms with Crippen LogP contribution in [0.2, 0.25) is 0 Å². The molecule has 1 aliphatic heterocycles. The average Bonchev–Trinajstić information content (AvgIpc) is 3.19. The molecule has 1 aliphatic rings. The van der Waals surface area contributed by atoms with E-state index in [0.29, 0.717) is 11.4 Å². The maximum absolute atomic E-state index is 10.8. The molecular weight excluding hydrogens is 369 g/mol. The minimum atomic E-state index is -4.72. The lowest BCUT2D eigenvalue weighted by Crippen LogP contribution is -2.33. The fourth-order valence-corrected chi connectivity index (χ4v) is 2.89. The molecule has 4 N–H and O–H groups in total. The van der Waals surface area contributed by atoms with Crippen LogP contribution >= 0.6 is 7.82 Å². The molecule has 3 rings (SSSR count). The second-order valence-corrected chi connectivity index (χ2v) is 6.88. The van der Waals surface area contributed by atoms with Gasteiger partial charge in [-0.1, -0.05) is 5.21 Å². The Hall–Kier alpha value is -1.85. The molecule has 0 unspecified atom stereocenters. The van der Waals surface area contributed by atoms with E-state index in [1.807, 2.05) is 0 Å². The van der Waals surface area contributed by atoms with Gasteiger partial charge in [0.2, 0.25) is 0 Å². The van der Waals surface area contributed by atoms with Crippen molar-refractivity contribution < 1.29 is 38.6 Å². The van der Waals surface area contributed by atoms with Gasteiger partial charge in [-0.15, -0.1) is 5.10 Å². The molecule has 1 aromatic carbocycles. The molecule has 0 spiro atoms. The highest BCUT2D eigenvalue weighted by molar-refractivity contribution is 7.46.